The molecule has 0 spiro atoms. The molecule has 1 aromatic rings. The Morgan fingerprint density at radius 3 is 2.67 bits per heavy atom. The van der Waals surface area contributed by atoms with E-state index in [0.29, 0.717) is 43.9 Å². The van der Waals surface area contributed by atoms with Gasteiger partial charge in [0.1, 0.15) is 12.4 Å². The van der Waals surface area contributed by atoms with Crippen molar-refractivity contribution in [3.8, 4) is 5.75 Å². The first-order valence-electron chi connectivity index (χ1n) is 10.7. The van der Waals surface area contributed by atoms with Crippen LogP contribution in [0.25, 0.3) is 0 Å². The van der Waals surface area contributed by atoms with E-state index < -0.39 is 11.1 Å². The van der Waals surface area contributed by atoms with Gasteiger partial charge in [-0.1, -0.05) is 25.3 Å². The minimum absolute atomic E-state index is 0.0909. The van der Waals surface area contributed by atoms with Crippen LogP contribution in [0.1, 0.15) is 50.5 Å². The summed E-state index contributed by atoms with van der Waals surface area (Å²) in [4.78, 5) is 17.6. The molecule has 0 bridgehead atoms. The predicted molar refractivity (Wildman–Crippen MR) is 115 cm³/mol. The van der Waals surface area contributed by atoms with Gasteiger partial charge in [0.15, 0.2) is 5.54 Å². The van der Waals surface area contributed by atoms with Gasteiger partial charge in [0.2, 0.25) is 5.90 Å². The van der Waals surface area contributed by atoms with E-state index in [1.165, 1.54) is 0 Å². The van der Waals surface area contributed by atoms with Gasteiger partial charge in [-0.3, -0.25) is 4.79 Å². The van der Waals surface area contributed by atoms with Crippen LogP contribution >= 0.6 is 0 Å². The fourth-order valence-corrected chi connectivity index (χ4v) is 3.89. The molecule has 164 valence electrons. The monoisotopic (exact) mass is 416 g/mol. The van der Waals surface area contributed by atoms with Crippen LogP contribution in [0.4, 0.5) is 0 Å². The summed E-state index contributed by atoms with van der Waals surface area (Å²) in [6, 6.07) is 7.29. The SMILES string of the molecule is C=CC[C@]1(C(=O)NCC2(O)CCCCC2)COC(c2ccc(OCCCO)cc2)=N1. The van der Waals surface area contributed by atoms with E-state index in [0.717, 1.165) is 24.8 Å². The van der Waals surface area contributed by atoms with Gasteiger partial charge in [-0.2, -0.15) is 0 Å². The third-order valence-corrected chi connectivity index (χ3v) is 5.70. The first-order chi connectivity index (χ1) is 14.5. The lowest BCUT2D eigenvalue weighted by Crippen LogP contribution is -2.52. The predicted octanol–water partition coefficient (Wildman–Crippen LogP) is 2.35. The third kappa shape index (κ3) is 5.40. The van der Waals surface area contributed by atoms with Crippen LogP contribution in [0.2, 0.25) is 0 Å². The van der Waals surface area contributed by atoms with Gasteiger partial charge in [-0.25, -0.2) is 4.99 Å². The zero-order valence-corrected chi connectivity index (χ0v) is 17.4. The average molecular weight is 417 g/mol. The molecule has 0 saturated heterocycles. The number of hydrogen-bond donors (Lipinski definition) is 3. The van der Waals surface area contributed by atoms with E-state index in [2.05, 4.69) is 16.9 Å². The van der Waals surface area contributed by atoms with Crippen LogP contribution in [-0.2, 0) is 9.53 Å². The lowest BCUT2D eigenvalue weighted by atomic mass is 9.84. The van der Waals surface area contributed by atoms with Gasteiger partial charge < -0.3 is 25.0 Å². The number of nitrogens with zero attached hydrogens (tertiary/aromatic N) is 1. The lowest BCUT2D eigenvalue weighted by molar-refractivity contribution is -0.128. The third-order valence-electron chi connectivity index (χ3n) is 5.70. The summed E-state index contributed by atoms with van der Waals surface area (Å²) in [7, 11) is 0. The summed E-state index contributed by atoms with van der Waals surface area (Å²) in [6.45, 7) is 4.67. The number of carbonyl (C=O) groups is 1. The lowest BCUT2D eigenvalue weighted by Gasteiger charge is -2.33. The standard InChI is InChI=1S/C23H32N2O5/c1-2-11-23(21(27)24-16-22(28)12-4-3-5-13-22)17-30-20(25-23)18-7-9-19(10-8-18)29-15-6-14-26/h2,7-10,26,28H,1,3-6,11-17H2,(H,24,27)/t23-/m1/s1. The summed E-state index contributed by atoms with van der Waals surface area (Å²) in [5.74, 6) is 0.854. The zero-order chi connectivity index (χ0) is 21.5. The Kier molecular flexibility index (Phi) is 7.50. The molecular weight excluding hydrogens is 384 g/mol. The topological polar surface area (TPSA) is 100 Å². The Balaban J connectivity index is 1.67. The van der Waals surface area contributed by atoms with Crippen molar-refractivity contribution in [2.24, 2.45) is 4.99 Å². The van der Waals surface area contributed by atoms with Gasteiger partial charge in [0.25, 0.3) is 5.91 Å². The molecule has 3 N–H and O–H groups in total. The van der Waals surface area contributed by atoms with E-state index in [-0.39, 0.29) is 25.7 Å². The summed E-state index contributed by atoms with van der Waals surface area (Å²) in [5, 5.41) is 22.4. The smallest absolute Gasteiger partial charge is 0.252 e. The molecule has 1 amide bonds. The number of nitrogens with one attached hydrogen (secondary N) is 1. The van der Waals surface area contributed by atoms with Crippen LogP contribution in [0.3, 0.4) is 0 Å². The first kappa shape index (κ1) is 22.3. The summed E-state index contributed by atoms with van der Waals surface area (Å²) in [6.07, 6.45) is 7.10. The maximum Gasteiger partial charge on any atom is 0.252 e. The summed E-state index contributed by atoms with van der Waals surface area (Å²) >= 11 is 0. The van der Waals surface area contributed by atoms with Crippen LogP contribution in [0.15, 0.2) is 41.9 Å². The normalized spacial score (nSPS) is 22.7. The Hall–Kier alpha value is -2.38. The van der Waals surface area contributed by atoms with Crippen molar-refractivity contribution >= 4 is 11.8 Å². The van der Waals surface area contributed by atoms with Gasteiger partial charge in [-0.05, 0) is 37.1 Å². The highest BCUT2D eigenvalue weighted by Gasteiger charge is 2.44. The number of ether oxygens (including phenoxy) is 2. The van der Waals surface area contributed by atoms with E-state index >= 15 is 0 Å². The van der Waals surface area contributed by atoms with Crippen molar-refractivity contribution in [1.29, 1.82) is 0 Å². The molecule has 30 heavy (non-hydrogen) atoms. The molecule has 0 aromatic heterocycles. The number of rotatable bonds is 10. The van der Waals surface area contributed by atoms with Crippen LogP contribution in [0.5, 0.6) is 5.75 Å². The average Bonchev–Trinajstić information content (AvgIpc) is 3.19. The second-order valence-corrected chi connectivity index (χ2v) is 8.15. The molecule has 1 saturated carbocycles. The molecule has 1 fully saturated rings. The Bertz CT molecular complexity index is 755. The molecule has 1 heterocycles. The van der Waals surface area contributed by atoms with E-state index in [4.69, 9.17) is 14.6 Å². The quantitative estimate of drug-likeness (QED) is 0.402. The molecule has 3 rings (SSSR count). The van der Waals surface area contributed by atoms with Crippen molar-refractivity contribution in [3.05, 3.63) is 42.5 Å². The van der Waals surface area contributed by atoms with Crippen molar-refractivity contribution in [2.75, 3.05) is 26.4 Å². The highest BCUT2D eigenvalue weighted by atomic mass is 16.5. The maximum atomic E-state index is 13.0. The fourth-order valence-electron chi connectivity index (χ4n) is 3.89. The van der Waals surface area contributed by atoms with Crippen molar-refractivity contribution in [2.45, 2.75) is 56.1 Å². The highest BCUT2D eigenvalue weighted by Crippen LogP contribution is 2.30. The van der Waals surface area contributed by atoms with Gasteiger partial charge >= 0.3 is 0 Å². The van der Waals surface area contributed by atoms with Crippen LogP contribution in [-0.4, -0.2) is 59.5 Å². The minimum atomic E-state index is -1.07. The van der Waals surface area contributed by atoms with E-state index in [9.17, 15) is 9.90 Å². The molecule has 1 atom stereocenters. The minimum Gasteiger partial charge on any atom is -0.494 e. The fraction of sp³-hybridized carbons (Fsp3) is 0.565. The molecule has 2 aliphatic rings. The van der Waals surface area contributed by atoms with E-state index in [1.54, 1.807) is 6.08 Å². The van der Waals surface area contributed by atoms with Crippen molar-refractivity contribution < 1.29 is 24.5 Å². The summed E-state index contributed by atoms with van der Waals surface area (Å²) < 4.78 is 11.3. The number of carbonyl (C=O) groups excluding carboxylic acids is 1. The van der Waals surface area contributed by atoms with Gasteiger partial charge in [0, 0.05) is 31.6 Å². The first-order valence-corrected chi connectivity index (χ1v) is 10.7. The van der Waals surface area contributed by atoms with Crippen LogP contribution < -0.4 is 10.1 Å². The molecule has 1 aromatic carbocycles. The molecule has 0 unspecified atom stereocenters. The van der Waals surface area contributed by atoms with E-state index in [1.807, 2.05) is 24.3 Å². The number of aliphatic hydroxyl groups excluding tert-OH is 1. The number of amides is 1. The molecule has 7 nitrogen and oxygen atoms in total. The van der Waals surface area contributed by atoms with Gasteiger partial charge in [-0.15, -0.1) is 6.58 Å². The zero-order valence-electron chi connectivity index (χ0n) is 17.4. The number of aliphatic hydroxyl groups is 2. The molecule has 7 heteroatoms. The Morgan fingerprint density at radius 2 is 2.00 bits per heavy atom. The highest BCUT2D eigenvalue weighted by molar-refractivity contribution is 6.00. The second-order valence-electron chi connectivity index (χ2n) is 8.15. The maximum absolute atomic E-state index is 13.0. The molecular formula is C23H32N2O5. The molecule has 1 aliphatic heterocycles. The van der Waals surface area contributed by atoms with Crippen LogP contribution in [0, 0.1) is 0 Å². The number of benzene rings is 1. The second kappa shape index (κ2) is 10.1. The number of aliphatic imine (C=N–C) groups is 1. The Labute approximate surface area is 177 Å². The molecule has 0 radical (unpaired) electrons. The van der Waals surface area contributed by atoms with Gasteiger partial charge in [0.05, 0.1) is 12.2 Å². The number of hydrogen-bond acceptors (Lipinski definition) is 6. The largest absolute Gasteiger partial charge is 0.494 e. The summed E-state index contributed by atoms with van der Waals surface area (Å²) in [5.41, 5.74) is -1.14. The Morgan fingerprint density at radius 1 is 1.27 bits per heavy atom. The molecule has 1 aliphatic carbocycles. The van der Waals surface area contributed by atoms with Crippen molar-refractivity contribution in [3.63, 3.8) is 0 Å². The van der Waals surface area contributed by atoms with Crippen molar-refractivity contribution in [1.82, 2.24) is 5.32 Å².